The maximum Gasteiger partial charge on any atom is 0.0736 e. The van der Waals surface area contributed by atoms with Gasteiger partial charge in [-0.1, -0.05) is 202 Å². The molecule has 270 valence electrons. The Morgan fingerprint density at radius 3 is 1.91 bits per heavy atom. The predicted molar refractivity (Wildman–Crippen MR) is 243 cm³/mol. The number of fused-ring (bicyclic) bond motifs is 7. The highest BCUT2D eigenvalue weighted by Crippen LogP contribution is 2.52. The molecule has 0 unspecified atom stereocenters. The first-order valence-corrected chi connectivity index (χ1v) is 19.6. The fraction of sp³-hybridized carbons (Fsp3) is 0.0545. The second kappa shape index (κ2) is 13.8. The van der Waals surface area contributed by atoms with Crippen molar-refractivity contribution >= 4 is 49.9 Å². The van der Waals surface area contributed by atoms with Gasteiger partial charge in [-0.3, -0.25) is 4.99 Å². The van der Waals surface area contributed by atoms with Gasteiger partial charge in [-0.2, -0.15) is 0 Å². The normalized spacial score (nSPS) is 13.3. The summed E-state index contributed by atoms with van der Waals surface area (Å²) in [5.41, 5.74) is 14.0. The Kier molecular flexibility index (Phi) is 8.34. The molecule has 1 aliphatic carbocycles. The highest BCUT2D eigenvalue weighted by molar-refractivity contribution is 6.27. The minimum Gasteiger partial charge on any atom is -0.300 e. The fourth-order valence-electron chi connectivity index (χ4n) is 9.03. The number of hydrogen-bond acceptors (Lipinski definition) is 2. The summed E-state index contributed by atoms with van der Waals surface area (Å²) in [5, 5.41) is 16.5. The van der Waals surface area contributed by atoms with E-state index in [2.05, 4.69) is 184 Å². The van der Waals surface area contributed by atoms with Crippen LogP contribution in [0.25, 0.3) is 71.4 Å². The second-order valence-electron chi connectivity index (χ2n) is 15.5. The Morgan fingerprint density at radius 1 is 0.491 bits per heavy atom. The maximum atomic E-state index is 9.61. The van der Waals surface area contributed by atoms with Gasteiger partial charge in [0.25, 0.3) is 0 Å². The highest BCUT2D eigenvalue weighted by atomic mass is 14.7. The SMILES string of the molecule is CC1(C)c2ccccc2-c2c(-c3ccc(C(=N)/C=C(\N=Cc4ccccc4)c4c5ccccc5c(-c5ccccc5)c5c4ccc4ccccc45)cc3)cccc21. The first-order chi connectivity index (χ1) is 28.0. The van der Waals surface area contributed by atoms with Gasteiger partial charge < -0.3 is 5.41 Å². The van der Waals surface area contributed by atoms with Gasteiger partial charge in [0, 0.05) is 17.2 Å². The van der Waals surface area contributed by atoms with E-state index in [-0.39, 0.29) is 5.41 Å². The predicted octanol–water partition coefficient (Wildman–Crippen LogP) is 14.3. The van der Waals surface area contributed by atoms with Crippen molar-refractivity contribution < 1.29 is 0 Å². The minimum absolute atomic E-state index is 0.0641. The molecule has 0 saturated carbocycles. The topological polar surface area (TPSA) is 36.2 Å². The van der Waals surface area contributed by atoms with Gasteiger partial charge >= 0.3 is 0 Å². The van der Waals surface area contributed by atoms with E-state index in [1.54, 1.807) is 0 Å². The standard InChI is InChI=1S/C55H40N2/c1-55(2)47-26-14-13-24-45(47)52-41(25-15-27-48(52)55)38-28-30-39(31-29-38)49(56)34-50(57-35-36-16-5-3-6-17-36)53-44-23-12-11-22-43(44)51(40-19-7-4-8-20-40)54-42-21-10-9-18-37(42)32-33-46(53)54/h3-35,56H,1-2H3/b50-34-,56-49?,57-35?. The summed E-state index contributed by atoms with van der Waals surface area (Å²) >= 11 is 0. The molecule has 0 heterocycles. The fourth-order valence-corrected chi connectivity index (χ4v) is 9.03. The Morgan fingerprint density at radius 2 is 1.12 bits per heavy atom. The summed E-state index contributed by atoms with van der Waals surface area (Å²) < 4.78 is 0. The molecule has 9 aromatic rings. The third-order valence-electron chi connectivity index (χ3n) is 11.8. The Balaban J connectivity index is 1.16. The van der Waals surface area contributed by atoms with Gasteiger partial charge in [0.05, 0.1) is 11.4 Å². The molecule has 0 spiro atoms. The molecule has 0 amide bonds. The van der Waals surface area contributed by atoms with Crippen LogP contribution in [-0.4, -0.2) is 11.9 Å². The second-order valence-corrected chi connectivity index (χ2v) is 15.5. The van der Waals surface area contributed by atoms with Gasteiger partial charge in [-0.05, 0) is 94.0 Å². The quantitative estimate of drug-likeness (QED) is 0.0964. The molecule has 0 aromatic heterocycles. The van der Waals surface area contributed by atoms with Crippen molar-refractivity contribution in [3.05, 3.63) is 222 Å². The number of allylic oxidation sites excluding steroid dienone is 1. The first-order valence-electron chi connectivity index (χ1n) is 19.6. The molecular formula is C55H40N2. The van der Waals surface area contributed by atoms with Crippen molar-refractivity contribution in [1.29, 1.82) is 5.41 Å². The van der Waals surface area contributed by atoms with Crippen molar-refractivity contribution in [2.24, 2.45) is 4.99 Å². The van der Waals surface area contributed by atoms with Gasteiger partial charge in [0.1, 0.15) is 0 Å². The van der Waals surface area contributed by atoms with Crippen LogP contribution < -0.4 is 0 Å². The zero-order valence-electron chi connectivity index (χ0n) is 32.0. The van der Waals surface area contributed by atoms with Gasteiger partial charge in [-0.25, -0.2) is 0 Å². The van der Waals surface area contributed by atoms with Gasteiger partial charge in [0.2, 0.25) is 0 Å². The average molecular weight is 729 g/mol. The van der Waals surface area contributed by atoms with Crippen molar-refractivity contribution in [2.75, 3.05) is 0 Å². The number of nitrogens with one attached hydrogen (secondary N) is 1. The number of rotatable bonds is 7. The molecular weight excluding hydrogens is 689 g/mol. The lowest BCUT2D eigenvalue weighted by Crippen LogP contribution is -2.14. The third-order valence-corrected chi connectivity index (χ3v) is 11.8. The molecule has 57 heavy (non-hydrogen) atoms. The van der Waals surface area contributed by atoms with Crippen LogP contribution >= 0.6 is 0 Å². The smallest absolute Gasteiger partial charge is 0.0736 e. The summed E-state index contributed by atoms with van der Waals surface area (Å²) in [4.78, 5) is 5.25. The van der Waals surface area contributed by atoms with E-state index in [1.165, 1.54) is 55.1 Å². The number of nitrogens with zero attached hydrogens (tertiary/aromatic N) is 1. The van der Waals surface area contributed by atoms with Crippen molar-refractivity contribution in [3.8, 4) is 33.4 Å². The van der Waals surface area contributed by atoms with E-state index in [4.69, 9.17) is 4.99 Å². The lowest BCUT2D eigenvalue weighted by Gasteiger charge is -2.21. The molecule has 1 N–H and O–H groups in total. The van der Waals surface area contributed by atoms with E-state index in [1.807, 2.05) is 30.5 Å². The summed E-state index contributed by atoms with van der Waals surface area (Å²) in [7, 11) is 0. The van der Waals surface area contributed by atoms with Gasteiger partial charge in [0.15, 0.2) is 0 Å². The van der Waals surface area contributed by atoms with Gasteiger partial charge in [-0.15, -0.1) is 0 Å². The van der Waals surface area contributed by atoms with Crippen LogP contribution in [0.2, 0.25) is 0 Å². The van der Waals surface area contributed by atoms with E-state index in [0.29, 0.717) is 5.71 Å². The molecule has 0 atom stereocenters. The third kappa shape index (κ3) is 5.81. The van der Waals surface area contributed by atoms with E-state index in [9.17, 15) is 5.41 Å². The van der Waals surface area contributed by atoms with Crippen molar-refractivity contribution in [2.45, 2.75) is 19.3 Å². The number of aliphatic imine (C=N–C) groups is 1. The summed E-state index contributed by atoms with van der Waals surface area (Å²) in [6.45, 7) is 4.64. The number of hydrogen-bond donors (Lipinski definition) is 1. The zero-order valence-corrected chi connectivity index (χ0v) is 32.0. The van der Waals surface area contributed by atoms with E-state index < -0.39 is 0 Å². The largest absolute Gasteiger partial charge is 0.300 e. The molecule has 9 aromatic carbocycles. The van der Waals surface area contributed by atoms with Crippen LogP contribution in [0.1, 0.15) is 41.7 Å². The molecule has 0 saturated heterocycles. The van der Waals surface area contributed by atoms with Crippen LogP contribution in [0.5, 0.6) is 0 Å². The van der Waals surface area contributed by atoms with Crippen molar-refractivity contribution in [3.63, 3.8) is 0 Å². The van der Waals surface area contributed by atoms with Crippen molar-refractivity contribution in [1.82, 2.24) is 0 Å². The lowest BCUT2D eigenvalue weighted by molar-refractivity contribution is 0.660. The first kappa shape index (κ1) is 34.3. The minimum atomic E-state index is -0.0641. The molecule has 2 heteroatoms. The molecule has 1 aliphatic rings. The number of benzene rings is 9. The molecule has 0 bridgehead atoms. The zero-order chi connectivity index (χ0) is 38.5. The molecule has 2 nitrogen and oxygen atoms in total. The Bertz CT molecular complexity index is 3080. The lowest BCUT2D eigenvalue weighted by atomic mass is 9.82. The van der Waals surface area contributed by atoms with E-state index in [0.717, 1.165) is 44.1 Å². The molecule has 10 rings (SSSR count). The summed E-state index contributed by atoms with van der Waals surface area (Å²) in [6, 6.07) is 66.6. The molecule has 0 aliphatic heterocycles. The maximum absolute atomic E-state index is 9.61. The molecule has 0 radical (unpaired) electrons. The Hall–Kier alpha value is -7.16. The van der Waals surface area contributed by atoms with Crippen LogP contribution in [0.3, 0.4) is 0 Å². The van der Waals surface area contributed by atoms with Crippen LogP contribution in [0, 0.1) is 5.41 Å². The highest BCUT2D eigenvalue weighted by Gasteiger charge is 2.36. The molecule has 0 fully saturated rings. The average Bonchev–Trinajstić information content (AvgIpc) is 3.50. The Labute approximate surface area is 333 Å². The van der Waals surface area contributed by atoms with E-state index >= 15 is 0 Å². The van der Waals surface area contributed by atoms with Crippen LogP contribution in [-0.2, 0) is 5.41 Å². The van der Waals surface area contributed by atoms with Crippen LogP contribution in [0.15, 0.2) is 199 Å². The summed E-state index contributed by atoms with van der Waals surface area (Å²) in [6.07, 6.45) is 3.87. The summed E-state index contributed by atoms with van der Waals surface area (Å²) in [5.74, 6) is 0. The monoisotopic (exact) mass is 728 g/mol. The van der Waals surface area contributed by atoms with Crippen LogP contribution in [0.4, 0.5) is 0 Å².